The molecule has 0 saturated carbocycles. The molecule has 3 aromatic rings. The van der Waals surface area contributed by atoms with Crippen LogP contribution in [0.2, 0.25) is 0 Å². The van der Waals surface area contributed by atoms with Gasteiger partial charge in [0.05, 0.1) is 13.3 Å². The number of methoxy groups -OCH3 is 1. The van der Waals surface area contributed by atoms with Crippen LogP contribution in [0.25, 0.3) is 10.8 Å². The molecule has 0 aliphatic carbocycles. The van der Waals surface area contributed by atoms with Crippen molar-refractivity contribution in [3.05, 3.63) is 72.3 Å². The SMILES string of the molecule is COc1ccccc1C=NNC(=O)C(C)Nc1cccc2ccccc12. The van der Waals surface area contributed by atoms with Crippen molar-refractivity contribution in [3.63, 3.8) is 0 Å². The summed E-state index contributed by atoms with van der Waals surface area (Å²) in [5.74, 6) is 0.483. The van der Waals surface area contributed by atoms with Crippen LogP contribution in [-0.2, 0) is 4.79 Å². The zero-order chi connectivity index (χ0) is 18.4. The van der Waals surface area contributed by atoms with Crippen molar-refractivity contribution >= 4 is 28.6 Å². The van der Waals surface area contributed by atoms with Crippen molar-refractivity contribution < 1.29 is 9.53 Å². The predicted molar refractivity (Wildman–Crippen MR) is 106 cm³/mol. The highest BCUT2D eigenvalue weighted by Gasteiger charge is 2.13. The summed E-state index contributed by atoms with van der Waals surface area (Å²) in [7, 11) is 1.60. The van der Waals surface area contributed by atoms with Crippen LogP contribution >= 0.6 is 0 Å². The minimum absolute atomic E-state index is 0.218. The van der Waals surface area contributed by atoms with E-state index < -0.39 is 6.04 Å². The Morgan fingerprint density at radius 3 is 2.62 bits per heavy atom. The van der Waals surface area contributed by atoms with Gasteiger partial charge in [0, 0.05) is 16.6 Å². The van der Waals surface area contributed by atoms with Gasteiger partial charge in [-0.2, -0.15) is 5.10 Å². The number of nitrogens with zero attached hydrogens (tertiary/aromatic N) is 1. The number of hydrazone groups is 1. The normalized spacial score (nSPS) is 12.1. The fourth-order valence-electron chi connectivity index (χ4n) is 2.69. The van der Waals surface area contributed by atoms with Gasteiger partial charge in [-0.15, -0.1) is 0 Å². The zero-order valence-corrected chi connectivity index (χ0v) is 14.8. The molecule has 5 nitrogen and oxygen atoms in total. The number of nitrogens with one attached hydrogen (secondary N) is 2. The third-order valence-corrected chi connectivity index (χ3v) is 4.07. The molecule has 2 N–H and O–H groups in total. The van der Waals surface area contributed by atoms with Crippen molar-refractivity contribution in [2.75, 3.05) is 12.4 Å². The fourth-order valence-corrected chi connectivity index (χ4v) is 2.69. The third kappa shape index (κ3) is 4.00. The highest BCUT2D eigenvalue weighted by molar-refractivity contribution is 5.96. The number of benzene rings is 3. The lowest BCUT2D eigenvalue weighted by atomic mass is 10.1. The molecule has 0 spiro atoms. The number of anilines is 1. The molecule has 0 bridgehead atoms. The number of ether oxygens (including phenoxy) is 1. The molecule has 1 unspecified atom stereocenters. The summed E-state index contributed by atoms with van der Waals surface area (Å²) in [6, 6.07) is 21.1. The molecular formula is C21H21N3O2. The minimum atomic E-state index is -0.435. The molecule has 1 atom stereocenters. The molecule has 5 heteroatoms. The summed E-state index contributed by atoms with van der Waals surface area (Å²) in [6.45, 7) is 1.80. The van der Waals surface area contributed by atoms with Gasteiger partial charge in [-0.1, -0.05) is 48.5 Å². The highest BCUT2D eigenvalue weighted by Crippen LogP contribution is 2.23. The van der Waals surface area contributed by atoms with Gasteiger partial charge in [0.2, 0.25) is 0 Å². The largest absolute Gasteiger partial charge is 0.496 e. The third-order valence-electron chi connectivity index (χ3n) is 4.07. The number of carbonyl (C=O) groups excluding carboxylic acids is 1. The van der Waals surface area contributed by atoms with E-state index in [1.807, 2.05) is 66.7 Å². The van der Waals surface area contributed by atoms with Crippen LogP contribution in [0.5, 0.6) is 5.75 Å². The Hall–Kier alpha value is -3.34. The molecule has 0 fully saturated rings. The monoisotopic (exact) mass is 347 g/mol. The van der Waals surface area contributed by atoms with Gasteiger partial charge >= 0.3 is 0 Å². The van der Waals surface area contributed by atoms with Crippen molar-refractivity contribution in [1.82, 2.24) is 5.43 Å². The molecule has 0 saturated heterocycles. The van der Waals surface area contributed by atoms with Gasteiger partial charge in [0.1, 0.15) is 11.8 Å². The van der Waals surface area contributed by atoms with Crippen molar-refractivity contribution in [2.45, 2.75) is 13.0 Å². The van der Waals surface area contributed by atoms with Crippen molar-refractivity contribution in [2.24, 2.45) is 5.10 Å². The average molecular weight is 347 g/mol. The Balaban J connectivity index is 1.65. The molecule has 0 aliphatic heterocycles. The number of hydrogen-bond donors (Lipinski definition) is 2. The van der Waals surface area contributed by atoms with Crippen LogP contribution in [0, 0.1) is 0 Å². The lowest BCUT2D eigenvalue weighted by Crippen LogP contribution is -2.34. The van der Waals surface area contributed by atoms with Gasteiger partial charge in [-0.05, 0) is 30.5 Å². The number of carbonyl (C=O) groups is 1. The van der Waals surface area contributed by atoms with Gasteiger partial charge in [-0.3, -0.25) is 4.79 Å². The molecule has 0 heterocycles. The maximum atomic E-state index is 12.3. The first-order chi connectivity index (χ1) is 12.7. The Morgan fingerprint density at radius 2 is 1.77 bits per heavy atom. The topological polar surface area (TPSA) is 62.7 Å². The quantitative estimate of drug-likeness (QED) is 0.527. The summed E-state index contributed by atoms with van der Waals surface area (Å²) in [5.41, 5.74) is 4.28. The molecule has 1 amide bonds. The van der Waals surface area contributed by atoms with Gasteiger partial charge in [0.25, 0.3) is 5.91 Å². The average Bonchev–Trinajstić information content (AvgIpc) is 2.68. The van der Waals surface area contributed by atoms with E-state index in [-0.39, 0.29) is 5.91 Å². The van der Waals surface area contributed by atoms with Crippen LogP contribution in [0.1, 0.15) is 12.5 Å². The van der Waals surface area contributed by atoms with Crippen LogP contribution in [0.4, 0.5) is 5.69 Å². The molecular weight excluding hydrogens is 326 g/mol. The summed E-state index contributed by atoms with van der Waals surface area (Å²) in [6.07, 6.45) is 1.57. The van der Waals surface area contributed by atoms with E-state index in [1.165, 1.54) is 0 Å². The van der Waals surface area contributed by atoms with E-state index in [9.17, 15) is 4.79 Å². The van der Waals surface area contributed by atoms with Crippen molar-refractivity contribution in [1.29, 1.82) is 0 Å². The Morgan fingerprint density at radius 1 is 1.04 bits per heavy atom. The maximum Gasteiger partial charge on any atom is 0.262 e. The van der Waals surface area contributed by atoms with E-state index in [1.54, 1.807) is 20.2 Å². The van der Waals surface area contributed by atoms with E-state index in [2.05, 4.69) is 15.8 Å². The summed E-state index contributed by atoms with van der Waals surface area (Å²) < 4.78 is 5.25. The molecule has 0 aromatic heterocycles. The van der Waals surface area contributed by atoms with Crippen molar-refractivity contribution in [3.8, 4) is 5.75 Å². The standard InChI is InChI=1S/C21H21N3O2/c1-15(23-19-12-7-10-16-8-3-5-11-18(16)19)21(25)24-22-14-17-9-4-6-13-20(17)26-2/h3-15,23H,1-2H3,(H,24,25). The molecule has 3 aromatic carbocycles. The smallest absolute Gasteiger partial charge is 0.262 e. The van der Waals surface area contributed by atoms with Gasteiger partial charge in [0.15, 0.2) is 0 Å². The second-order valence-electron chi connectivity index (χ2n) is 5.87. The van der Waals surface area contributed by atoms with E-state index >= 15 is 0 Å². The fraction of sp³-hybridized carbons (Fsp3) is 0.143. The molecule has 26 heavy (non-hydrogen) atoms. The second-order valence-corrected chi connectivity index (χ2v) is 5.87. The lowest BCUT2D eigenvalue weighted by Gasteiger charge is -2.15. The van der Waals surface area contributed by atoms with E-state index in [0.29, 0.717) is 5.75 Å². The van der Waals surface area contributed by atoms with Crippen LogP contribution in [0.15, 0.2) is 71.8 Å². The zero-order valence-electron chi connectivity index (χ0n) is 14.8. The van der Waals surface area contributed by atoms with Gasteiger partial charge in [-0.25, -0.2) is 5.43 Å². The first kappa shape index (κ1) is 17.5. The first-order valence-electron chi connectivity index (χ1n) is 8.39. The van der Waals surface area contributed by atoms with E-state index in [0.717, 1.165) is 22.0 Å². The number of para-hydroxylation sites is 1. The molecule has 0 radical (unpaired) electrons. The number of amides is 1. The summed E-state index contributed by atoms with van der Waals surface area (Å²) >= 11 is 0. The van der Waals surface area contributed by atoms with E-state index in [4.69, 9.17) is 4.74 Å². The highest BCUT2D eigenvalue weighted by atomic mass is 16.5. The van der Waals surface area contributed by atoms with Crippen LogP contribution in [0.3, 0.4) is 0 Å². The van der Waals surface area contributed by atoms with Crippen LogP contribution in [-0.4, -0.2) is 25.3 Å². The first-order valence-corrected chi connectivity index (χ1v) is 8.39. The van der Waals surface area contributed by atoms with Gasteiger partial charge < -0.3 is 10.1 Å². The second kappa shape index (κ2) is 8.16. The van der Waals surface area contributed by atoms with Crippen LogP contribution < -0.4 is 15.5 Å². The number of hydrogen-bond acceptors (Lipinski definition) is 4. The number of rotatable bonds is 6. The molecule has 132 valence electrons. The summed E-state index contributed by atoms with van der Waals surface area (Å²) in [4.78, 5) is 12.3. The number of fused-ring (bicyclic) bond motifs is 1. The lowest BCUT2D eigenvalue weighted by molar-refractivity contribution is -0.121. The minimum Gasteiger partial charge on any atom is -0.496 e. The molecule has 3 rings (SSSR count). The Kier molecular flexibility index (Phi) is 5.49. The molecule has 0 aliphatic rings. The summed E-state index contributed by atoms with van der Waals surface area (Å²) in [5, 5.41) is 9.48. The Bertz CT molecular complexity index is 932. The maximum absolute atomic E-state index is 12.3. The Labute approximate surface area is 152 Å². The predicted octanol–water partition coefficient (Wildman–Crippen LogP) is 3.80.